The van der Waals surface area contributed by atoms with E-state index < -0.39 is 10.0 Å². The first-order chi connectivity index (χ1) is 18.2. The summed E-state index contributed by atoms with van der Waals surface area (Å²) in [7, 11) is -3.62. The van der Waals surface area contributed by atoms with Crippen LogP contribution < -0.4 is 4.90 Å². The molecule has 0 saturated carbocycles. The van der Waals surface area contributed by atoms with Crippen molar-refractivity contribution in [1.82, 2.24) is 14.2 Å². The molecule has 38 heavy (non-hydrogen) atoms. The number of benzene rings is 2. The molecule has 0 spiro atoms. The van der Waals surface area contributed by atoms with E-state index in [9.17, 15) is 13.2 Å². The van der Waals surface area contributed by atoms with Crippen LogP contribution in [0, 0.1) is 0 Å². The van der Waals surface area contributed by atoms with Crippen LogP contribution in [0.3, 0.4) is 0 Å². The third kappa shape index (κ3) is 7.63. The van der Waals surface area contributed by atoms with Gasteiger partial charge in [0, 0.05) is 36.2 Å². The van der Waals surface area contributed by atoms with E-state index in [0.29, 0.717) is 36.9 Å². The van der Waals surface area contributed by atoms with Gasteiger partial charge in [-0.25, -0.2) is 13.4 Å². The number of likely N-dealkylation sites (N-methyl/N-ethyl adjacent to an activating group) is 1. The smallest absolute Gasteiger partial charge is 0.260 e. The number of carbonyl (C=O) groups excluding carboxylic acids is 1. The molecule has 7 nitrogen and oxygen atoms in total. The Balaban J connectivity index is 1.90. The lowest BCUT2D eigenvalue weighted by Crippen LogP contribution is -2.39. The SMILES string of the molecule is CCCCN(CCCC)S(=O)(=O)c1ccc(C(=O)N(CCN(CC)CC)c2nc3ccc(Br)cc3s2)cc1. The van der Waals surface area contributed by atoms with Crippen molar-refractivity contribution in [3.63, 3.8) is 0 Å². The summed E-state index contributed by atoms with van der Waals surface area (Å²) in [5, 5.41) is 0.636. The number of hydrogen-bond acceptors (Lipinski definition) is 6. The van der Waals surface area contributed by atoms with Crippen LogP contribution in [0.2, 0.25) is 0 Å². The molecule has 3 aromatic rings. The molecule has 0 atom stereocenters. The molecule has 1 amide bonds. The van der Waals surface area contributed by atoms with Gasteiger partial charge < -0.3 is 4.90 Å². The molecule has 0 aliphatic carbocycles. The zero-order valence-corrected chi connectivity index (χ0v) is 26.0. The minimum Gasteiger partial charge on any atom is -0.302 e. The minimum atomic E-state index is -3.62. The lowest BCUT2D eigenvalue weighted by molar-refractivity contribution is 0.0983. The number of nitrogens with zero attached hydrogens (tertiary/aromatic N) is 4. The van der Waals surface area contributed by atoms with Gasteiger partial charge in [0.1, 0.15) is 0 Å². The summed E-state index contributed by atoms with van der Waals surface area (Å²) in [5.74, 6) is -0.187. The molecule has 1 heterocycles. The highest BCUT2D eigenvalue weighted by atomic mass is 79.9. The second-order valence-electron chi connectivity index (χ2n) is 9.23. The Kier molecular flexibility index (Phi) is 11.7. The Bertz CT molecular complexity index is 1280. The molecule has 3 rings (SSSR count). The zero-order valence-electron chi connectivity index (χ0n) is 22.8. The van der Waals surface area contributed by atoms with Crippen LogP contribution in [0.1, 0.15) is 63.7 Å². The molecule has 0 radical (unpaired) electrons. The van der Waals surface area contributed by atoms with Gasteiger partial charge in [-0.05, 0) is 68.4 Å². The van der Waals surface area contributed by atoms with Crippen LogP contribution in [0.5, 0.6) is 0 Å². The van der Waals surface area contributed by atoms with E-state index in [0.717, 1.165) is 53.5 Å². The van der Waals surface area contributed by atoms with Crippen LogP contribution in [-0.4, -0.2) is 67.8 Å². The largest absolute Gasteiger partial charge is 0.302 e. The number of anilines is 1. The van der Waals surface area contributed by atoms with Gasteiger partial charge in [0.25, 0.3) is 5.91 Å². The van der Waals surface area contributed by atoms with Crippen molar-refractivity contribution in [3.8, 4) is 0 Å². The number of fused-ring (bicyclic) bond motifs is 1. The molecule has 0 bridgehead atoms. The number of carbonyl (C=O) groups is 1. The first kappa shape index (κ1) is 30.7. The van der Waals surface area contributed by atoms with E-state index in [1.54, 1.807) is 33.5 Å². The second kappa shape index (κ2) is 14.5. The van der Waals surface area contributed by atoms with Crippen LogP contribution in [0.25, 0.3) is 10.2 Å². The number of halogens is 1. The maximum absolute atomic E-state index is 13.8. The van der Waals surface area contributed by atoms with Crippen molar-refractivity contribution in [2.45, 2.75) is 58.3 Å². The van der Waals surface area contributed by atoms with Crippen molar-refractivity contribution in [2.75, 3.05) is 44.2 Å². The van der Waals surface area contributed by atoms with Crippen molar-refractivity contribution in [3.05, 3.63) is 52.5 Å². The van der Waals surface area contributed by atoms with Crippen molar-refractivity contribution < 1.29 is 13.2 Å². The fraction of sp³-hybridized carbons (Fsp3) is 0.500. The lowest BCUT2D eigenvalue weighted by atomic mass is 10.2. The van der Waals surface area contributed by atoms with Crippen LogP contribution in [0.15, 0.2) is 51.8 Å². The third-order valence-corrected chi connectivity index (χ3v) is 10.1. The summed E-state index contributed by atoms with van der Waals surface area (Å²) in [6.07, 6.45) is 3.49. The number of unbranched alkanes of at least 4 members (excludes halogenated alkanes) is 2. The molecule has 0 N–H and O–H groups in total. The fourth-order valence-electron chi connectivity index (χ4n) is 4.16. The molecule has 0 unspecified atom stereocenters. The second-order valence-corrected chi connectivity index (χ2v) is 13.1. The summed E-state index contributed by atoms with van der Waals surface area (Å²) in [6.45, 7) is 12.3. The number of hydrogen-bond donors (Lipinski definition) is 0. The van der Waals surface area contributed by atoms with Gasteiger partial charge >= 0.3 is 0 Å². The van der Waals surface area contributed by atoms with Gasteiger partial charge in [0.2, 0.25) is 10.0 Å². The normalized spacial score (nSPS) is 12.1. The van der Waals surface area contributed by atoms with E-state index in [1.807, 2.05) is 18.2 Å². The lowest BCUT2D eigenvalue weighted by Gasteiger charge is -2.25. The maximum atomic E-state index is 13.8. The van der Waals surface area contributed by atoms with E-state index in [-0.39, 0.29) is 10.8 Å². The van der Waals surface area contributed by atoms with Gasteiger partial charge in [0.05, 0.1) is 15.1 Å². The third-order valence-electron chi connectivity index (χ3n) is 6.61. The molecular weight excluding hydrogens is 584 g/mol. The summed E-state index contributed by atoms with van der Waals surface area (Å²) in [6, 6.07) is 12.3. The first-order valence-electron chi connectivity index (χ1n) is 13.5. The summed E-state index contributed by atoms with van der Waals surface area (Å²) in [5.41, 5.74) is 1.28. The summed E-state index contributed by atoms with van der Waals surface area (Å²) >= 11 is 4.99. The molecule has 1 aromatic heterocycles. The highest BCUT2D eigenvalue weighted by molar-refractivity contribution is 9.10. The minimum absolute atomic E-state index is 0.187. The van der Waals surface area contributed by atoms with E-state index in [4.69, 9.17) is 4.98 Å². The number of thiazole rings is 1. The predicted octanol–water partition coefficient (Wildman–Crippen LogP) is 6.64. The van der Waals surface area contributed by atoms with Crippen molar-refractivity contribution in [2.24, 2.45) is 0 Å². The molecule has 0 saturated heterocycles. The predicted molar refractivity (Wildman–Crippen MR) is 162 cm³/mol. The molecule has 10 heteroatoms. The molecule has 0 fully saturated rings. The number of rotatable bonds is 15. The van der Waals surface area contributed by atoms with Crippen LogP contribution in [-0.2, 0) is 10.0 Å². The summed E-state index contributed by atoms with van der Waals surface area (Å²) in [4.78, 5) is 22.7. The van der Waals surface area contributed by atoms with Gasteiger partial charge in [-0.3, -0.25) is 9.69 Å². The van der Waals surface area contributed by atoms with E-state index in [1.165, 1.54) is 11.3 Å². The van der Waals surface area contributed by atoms with Crippen LogP contribution >= 0.6 is 27.3 Å². The standard InChI is InChI=1S/C28H39BrN4O3S2/c1-5-9-17-32(18-10-6-2)38(35,36)24-14-11-22(12-15-24)27(34)33(20-19-31(7-3)8-4)28-30-25-16-13-23(29)21-26(25)37-28/h11-16,21H,5-10,17-20H2,1-4H3. The average molecular weight is 624 g/mol. The fourth-order valence-corrected chi connectivity index (χ4v) is 7.22. The number of sulfonamides is 1. The topological polar surface area (TPSA) is 73.8 Å². The highest BCUT2D eigenvalue weighted by Crippen LogP contribution is 2.32. The van der Waals surface area contributed by atoms with Crippen molar-refractivity contribution in [1.29, 1.82) is 0 Å². The highest BCUT2D eigenvalue weighted by Gasteiger charge is 2.26. The van der Waals surface area contributed by atoms with Gasteiger partial charge in [-0.2, -0.15) is 4.31 Å². The molecular formula is C28H39BrN4O3S2. The van der Waals surface area contributed by atoms with E-state index >= 15 is 0 Å². The maximum Gasteiger partial charge on any atom is 0.260 e. The monoisotopic (exact) mass is 622 g/mol. The Morgan fingerprint density at radius 3 is 2.11 bits per heavy atom. The summed E-state index contributed by atoms with van der Waals surface area (Å²) < 4.78 is 30.3. The molecule has 0 aliphatic heterocycles. The van der Waals surface area contributed by atoms with Crippen LogP contribution in [0.4, 0.5) is 5.13 Å². The number of amides is 1. The average Bonchev–Trinajstić information content (AvgIpc) is 3.33. The Labute approximate surface area is 240 Å². The molecule has 208 valence electrons. The van der Waals surface area contributed by atoms with Crippen molar-refractivity contribution >= 4 is 58.5 Å². The van der Waals surface area contributed by atoms with E-state index in [2.05, 4.69) is 48.5 Å². The number of aromatic nitrogens is 1. The Morgan fingerprint density at radius 1 is 0.895 bits per heavy atom. The quantitative estimate of drug-likeness (QED) is 0.190. The molecule has 2 aromatic carbocycles. The Hall–Kier alpha value is -1.85. The zero-order chi connectivity index (χ0) is 27.7. The Morgan fingerprint density at radius 2 is 1.53 bits per heavy atom. The first-order valence-corrected chi connectivity index (χ1v) is 16.5. The van der Waals surface area contributed by atoms with Gasteiger partial charge in [-0.15, -0.1) is 0 Å². The van der Waals surface area contributed by atoms with Gasteiger partial charge in [0.15, 0.2) is 5.13 Å². The molecule has 0 aliphatic rings. The van der Waals surface area contributed by atoms with Gasteiger partial charge in [-0.1, -0.05) is 67.8 Å².